The smallest absolute Gasteiger partial charge is 0.338 e. The van der Waals surface area contributed by atoms with Crippen LogP contribution >= 0.6 is 11.3 Å². The molecule has 0 radical (unpaired) electrons. The van der Waals surface area contributed by atoms with Crippen LogP contribution in [0.2, 0.25) is 0 Å². The van der Waals surface area contributed by atoms with E-state index in [1.165, 1.54) is 30.1 Å². The van der Waals surface area contributed by atoms with Gasteiger partial charge in [0.15, 0.2) is 0 Å². The van der Waals surface area contributed by atoms with Gasteiger partial charge in [0.25, 0.3) is 5.91 Å². The third kappa shape index (κ3) is 2.60. The van der Waals surface area contributed by atoms with Gasteiger partial charge in [-0.25, -0.2) is 14.8 Å². The molecule has 0 saturated carbocycles. The number of carbonyl (C=O) groups is 2. The SMILES string of the molecule is Cc1sc(NC(=O)c2cncnc2)c(C(=O)O)c1C. The number of nitrogens with zero attached hydrogens (tertiary/aromatic N) is 2. The number of anilines is 1. The van der Waals surface area contributed by atoms with Gasteiger partial charge in [0.1, 0.15) is 11.3 Å². The molecule has 98 valence electrons. The summed E-state index contributed by atoms with van der Waals surface area (Å²) in [5, 5.41) is 12.1. The lowest BCUT2D eigenvalue weighted by Gasteiger charge is -2.03. The van der Waals surface area contributed by atoms with E-state index in [4.69, 9.17) is 0 Å². The summed E-state index contributed by atoms with van der Waals surface area (Å²) < 4.78 is 0. The molecule has 2 rings (SSSR count). The normalized spacial score (nSPS) is 10.2. The van der Waals surface area contributed by atoms with Crippen molar-refractivity contribution in [3.8, 4) is 0 Å². The maximum atomic E-state index is 11.9. The zero-order chi connectivity index (χ0) is 14.0. The number of hydrogen-bond donors (Lipinski definition) is 2. The zero-order valence-electron chi connectivity index (χ0n) is 10.3. The van der Waals surface area contributed by atoms with E-state index in [9.17, 15) is 14.7 Å². The summed E-state index contributed by atoms with van der Waals surface area (Å²) in [6, 6.07) is 0. The average Bonchev–Trinajstić information content (AvgIpc) is 2.65. The largest absolute Gasteiger partial charge is 0.478 e. The van der Waals surface area contributed by atoms with Crippen LogP contribution in [0.4, 0.5) is 5.00 Å². The third-order valence-electron chi connectivity index (χ3n) is 2.65. The summed E-state index contributed by atoms with van der Waals surface area (Å²) in [5.74, 6) is -1.48. The standard InChI is InChI=1S/C12H11N3O3S/c1-6-7(2)19-11(9(6)12(17)18)15-10(16)8-3-13-5-14-4-8/h3-5H,1-2H3,(H,15,16)(H,17,18). The molecule has 2 N–H and O–H groups in total. The topological polar surface area (TPSA) is 92.2 Å². The molecule has 2 aromatic rings. The van der Waals surface area contributed by atoms with Gasteiger partial charge >= 0.3 is 5.97 Å². The Morgan fingerprint density at radius 2 is 1.89 bits per heavy atom. The molecule has 6 nitrogen and oxygen atoms in total. The number of aryl methyl sites for hydroxylation is 1. The van der Waals surface area contributed by atoms with E-state index >= 15 is 0 Å². The first-order chi connectivity index (χ1) is 9.00. The van der Waals surface area contributed by atoms with E-state index in [2.05, 4.69) is 15.3 Å². The quantitative estimate of drug-likeness (QED) is 0.896. The number of aromatic nitrogens is 2. The molecule has 7 heteroatoms. The summed E-state index contributed by atoms with van der Waals surface area (Å²) >= 11 is 1.24. The number of amides is 1. The summed E-state index contributed by atoms with van der Waals surface area (Å²) in [4.78, 5) is 31.5. The van der Waals surface area contributed by atoms with Gasteiger partial charge in [0.05, 0.1) is 11.1 Å². The molecule has 0 spiro atoms. The maximum absolute atomic E-state index is 11.9. The Labute approximate surface area is 113 Å². The van der Waals surface area contributed by atoms with Gasteiger partial charge in [-0.3, -0.25) is 4.79 Å². The van der Waals surface area contributed by atoms with Crippen LogP contribution in [0.3, 0.4) is 0 Å². The molecule has 1 amide bonds. The minimum absolute atomic E-state index is 0.132. The Bertz CT molecular complexity index is 637. The number of carboxylic acids is 1. The van der Waals surface area contributed by atoms with Crippen LogP contribution in [0.5, 0.6) is 0 Å². The van der Waals surface area contributed by atoms with E-state index in [-0.39, 0.29) is 11.1 Å². The summed E-state index contributed by atoms with van der Waals surface area (Å²) in [5.41, 5.74) is 1.08. The highest BCUT2D eigenvalue weighted by atomic mass is 32.1. The van der Waals surface area contributed by atoms with Gasteiger partial charge in [0, 0.05) is 17.3 Å². The zero-order valence-corrected chi connectivity index (χ0v) is 11.1. The van der Waals surface area contributed by atoms with Crippen molar-refractivity contribution in [3.63, 3.8) is 0 Å². The molecular weight excluding hydrogens is 266 g/mol. The molecule has 0 fully saturated rings. The van der Waals surface area contributed by atoms with E-state index in [1.54, 1.807) is 6.92 Å². The molecule has 19 heavy (non-hydrogen) atoms. The second-order valence-corrected chi connectivity index (χ2v) is 5.10. The van der Waals surface area contributed by atoms with Crippen molar-refractivity contribution in [2.75, 3.05) is 5.32 Å². The van der Waals surface area contributed by atoms with Crippen molar-refractivity contribution in [1.82, 2.24) is 9.97 Å². The summed E-state index contributed by atoms with van der Waals surface area (Å²) in [6.45, 7) is 3.53. The molecule has 0 aliphatic carbocycles. The lowest BCUT2D eigenvalue weighted by molar-refractivity contribution is 0.0697. The van der Waals surface area contributed by atoms with E-state index in [1.807, 2.05) is 6.92 Å². The van der Waals surface area contributed by atoms with Gasteiger partial charge in [-0.1, -0.05) is 0 Å². The Kier molecular flexibility index (Phi) is 3.57. The second-order valence-electron chi connectivity index (χ2n) is 3.87. The monoisotopic (exact) mass is 277 g/mol. The predicted molar refractivity (Wildman–Crippen MR) is 70.7 cm³/mol. The molecular formula is C12H11N3O3S. The highest BCUT2D eigenvalue weighted by Gasteiger charge is 2.20. The van der Waals surface area contributed by atoms with E-state index in [0.29, 0.717) is 10.6 Å². The molecule has 0 unspecified atom stereocenters. The Balaban J connectivity index is 2.32. The van der Waals surface area contributed by atoms with Crippen LogP contribution in [0, 0.1) is 13.8 Å². The van der Waals surface area contributed by atoms with Crippen molar-refractivity contribution >= 4 is 28.2 Å². The van der Waals surface area contributed by atoms with Crippen LogP contribution in [0.25, 0.3) is 0 Å². The lowest BCUT2D eigenvalue weighted by atomic mass is 10.1. The van der Waals surface area contributed by atoms with Gasteiger partial charge in [-0.05, 0) is 19.4 Å². The van der Waals surface area contributed by atoms with E-state index in [0.717, 1.165) is 4.88 Å². The van der Waals surface area contributed by atoms with Crippen LogP contribution in [0.1, 0.15) is 31.2 Å². The van der Waals surface area contributed by atoms with Crippen molar-refractivity contribution in [3.05, 3.63) is 40.3 Å². The molecule has 2 aromatic heterocycles. The average molecular weight is 277 g/mol. The number of aromatic carboxylic acids is 1. The third-order valence-corrected chi connectivity index (χ3v) is 3.77. The summed E-state index contributed by atoms with van der Waals surface area (Å²) in [6.07, 6.45) is 4.06. The van der Waals surface area contributed by atoms with Crippen LogP contribution in [-0.4, -0.2) is 27.0 Å². The van der Waals surface area contributed by atoms with Crippen LogP contribution in [0.15, 0.2) is 18.7 Å². The number of carboxylic acid groups (broad SMARTS) is 1. The molecule has 0 bridgehead atoms. The highest BCUT2D eigenvalue weighted by Crippen LogP contribution is 2.32. The number of hydrogen-bond acceptors (Lipinski definition) is 5. The van der Waals surface area contributed by atoms with Crippen LogP contribution < -0.4 is 5.32 Å². The van der Waals surface area contributed by atoms with Crippen LogP contribution in [-0.2, 0) is 0 Å². The number of carbonyl (C=O) groups excluding carboxylic acids is 1. The first-order valence-corrected chi connectivity index (χ1v) is 6.22. The Hall–Kier alpha value is -2.28. The van der Waals surface area contributed by atoms with Gasteiger partial charge in [-0.2, -0.15) is 0 Å². The summed E-state index contributed by atoms with van der Waals surface area (Å²) in [7, 11) is 0. The fourth-order valence-electron chi connectivity index (χ4n) is 1.56. The van der Waals surface area contributed by atoms with Crippen molar-refractivity contribution in [2.45, 2.75) is 13.8 Å². The molecule has 0 saturated heterocycles. The molecule has 2 heterocycles. The number of nitrogens with one attached hydrogen (secondary N) is 1. The lowest BCUT2D eigenvalue weighted by Crippen LogP contribution is -2.14. The molecule has 0 atom stereocenters. The molecule has 0 aliphatic heterocycles. The fraction of sp³-hybridized carbons (Fsp3) is 0.167. The Morgan fingerprint density at radius 1 is 1.26 bits per heavy atom. The predicted octanol–water partition coefficient (Wildman–Crippen LogP) is 2.11. The minimum atomic E-state index is -1.05. The maximum Gasteiger partial charge on any atom is 0.338 e. The van der Waals surface area contributed by atoms with Crippen molar-refractivity contribution in [2.24, 2.45) is 0 Å². The van der Waals surface area contributed by atoms with E-state index < -0.39 is 11.9 Å². The first kappa shape index (κ1) is 13.2. The van der Waals surface area contributed by atoms with Gasteiger partial charge in [0.2, 0.25) is 0 Å². The first-order valence-electron chi connectivity index (χ1n) is 5.40. The second kappa shape index (κ2) is 5.15. The fourth-order valence-corrected chi connectivity index (χ4v) is 2.61. The van der Waals surface area contributed by atoms with Gasteiger partial charge in [-0.15, -0.1) is 11.3 Å². The highest BCUT2D eigenvalue weighted by molar-refractivity contribution is 7.16. The van der Waals surface area contributed by atoms with Gasteiger partial charge < -0.3 is 10.4 Å². The molecule has 0 aliphatic rings. The van der Waals surface area contributed by atoms with Crippen molar-refractivity contribution in [1.29, 1.82) is 0 Å². The van der Waals surface area contributed by atoms with Crippen molar-refractivity contribution < 1.29 is 14.7 Å². The molecule has 0 aromatic carbocycles. The number of thiophene rings is 1. The number of rotatable bonds is 3. The minimum Gasteiger partial charge on any atom is -0.478 e. The Morgan fingerprint density at radius 3 is 2.47 bits per heavy atom.